The number of carbonyl (C=O) groups excluding carboxylic acids is 1. The van der Waals surface area contributed by atoms with E-state index in [1.807, 2.05) is 0 Å². The van der Waals surface area contributed by atoms with Crippen molar-refractivity contribution < 1.29 is 14.6 Å². The van der Waals surface area contributed by atoms with Gasteiger partial charge in [0.1, 0.15) is 0 Å². The normalized spacial score (nSPS) is 9.50. The zero-order chi connectivity index (χ0) is 9.40. The number of aliphatic hydroxyl groups excluding tert-OH is 1. The Morgan fingerprint density at radius 2 is 2.17 bits per heavy atom. The first-order valence-corrected chi connectivity index (χ1v) is 4.27. The van der Waals surface area contributed by atoms with Crippen molar-refractivity contribution in [2.24, 2.45) is 0 Å². The number of alkyl halides is 1. The zero-order valence-electron chi connectivity index (χ0n) is 6.88. The topological polar surface area (TPSA) is 46.5 Å². The second-order valence-corrected chi connectivity index (χ2v) is 2.57. The third-order valence-corrected chi connectivity index (χ3v) is 1.56. The van der Waals surface area contributed by atoms with E-state index in [1.165, 1.54) is 0 Å². The number of carbonyl (C=O) groups is 1. The average molecular weight is 193 g/mol. The SMILES string of the molecule is C=C(CCl)C(=O)OCCCCO. The molecular weight excluding hydrogens is 180 g/mol. The lowest BCUT2D eigenvalue weighted by Crippen LogP contribution is -2.09. The average Bonchev–Trinajstić information content (AvgIpc) is 2.10. The van der Waals surface area contributed by atoms with Gasteiger partial charge in [-0.3, -0.25) is 0 Å². The summed E-state index contributed by atoms with van der Waals surface area (Å²) in [5, 5.41) is 8.41. The van der Waals surface area contributed by atoms with E-state index in [0.29, 0.717) is 19.4 Å². The number of hydrogen-bond acceptors (Lipinski definition) is 3. The largest absolute Gasteiger partial charge is 0.462 e. The lowest BCUT2D eigenvalue weighted by Gasteiger charge is -2.03. The van der Waals surface area contributed by atoms with E-state index in [1.54, 1.807) is 0 Å². The summed E-state index contributed by atoms with van der Waals surface area (Å²) >= 11 is 5.35. The summed E-state index contributed by atoms with van der Waals surface area (Å²) in [5.41, 5.74) is 0.265. The summed E-state index contributed by atoms with van der Waals surface area (Å²) in [7, 11) is 0. The maximum absolute atomic E-state index is 10.9. The molecule has 0 bridgehead atoms. The fourth-order valence-corrected chi connectivity index (χ4v) is 0.644. The highest BCUT2D eigenvalue weighted by Crippen LogP contribution is 1.98. The summed E-state index contributed by atoms with van der Waals surface area (Å²) in [6, 6.07) is 0. The van der Waals surface area contributed by atoms with Crippen molar-refractivity contribution in [3.8, 4) is 0 Å². The van der Waals surface area contributed by atoms with E-state index in [9.17, 15) is 4.79 Å². The Bertz CT molecular complexity index is 156. The summed E-state index contributed by atoms with van der Waals surface area (Å²) < 4.78 is 4.76. The molecule has 0 spiro atoms. The van der Waals surface area contributed by atoms with Crippen LogP contribution in [-0.4, -0.2) is 30.2 Å². The Morgan fingerprint density at radius 1 is 1.50 bits per heavy atom. The number of hydrogen-bond donors (Lipinski definition) is 1. The molecule has 0 aromatic heterocycles. The number of rotatable bonds is 6. The number of unbranched alkanes of at least 4 members (excludes halogenated alkanes) is 1. The number of aliphatic hydroxyl groups is 1. The lowest BCUT2D eigenvalue weighted by atomic mass is 10.3. The molecule has 0 atom stereocenters. The molecule has 0 unspecified atom stereocenters. The number of esters is 1. The predicted molar refractivity (Wildman–Crippen MR) is 47.1 cm³/mol. The quantitative estimate of drug-likeness (QED) is 0.297. The maximum atomic E-state index is 10.9. The third-order valence-electron chi connectivity index (χ3n) is 1.24. The van der Waals surface area contributed by atoms with Gasteiger partial charge in [0.25, 0.3) is 0 Å². The number of halogens is 1. The van der Waals surface area contributed by atoms with Crippen molar-refractivity contribution in [2.45, 2.75) is 12.8 Å². The molecule has 0 aliphatic carbocycles. The van der Waals surface area contributed by atoms with Gasteiger partial charge >= 0.3 is 5.97 Å². The fourth-order valence-electron chi connectivity index (χ4n) is 0.535. The molecule has 3 nitrogen and oxygen atoms in total. The minimum absolute atomic E-state index is 0.0961. The Balaban J connectivity index is 3.38. The second-order valence-electron chi connectivity index (χ2n) is 2.30. The van der Waals surface area contributed by atoms with Gasteiger partial charge in [-0.05, 0) is 12.8 Å². The van der Waals surface area contributed by atoms with Gasteiger partial charge in [-0.1, -0.05) is 6.58 Å². The highest BCUT2D eigenvalue weighted by molar-refractivity contribution is 6.22. The third kappa shape index (κ3) is 5.16. The zero-order valence-corrected chi connectivity index (χ0v) is 7.64. The van der Waals surface area contributed by atoms with Crippen LogP contribution in [0.4, 0.5) is 0 Å². The lowest BCUT2D eigenvalue weighted by molar-refractivity contribution is -0.139. The Morgan fingerprint density at radius 3 is 2.67 bits per heavy atom. The van der Waals surface area contributed by atoms with Gasteiger partial charge in [-0.15, -0.1) is 11.6 Å². The number of ether oxygens (including phenoxy) is 1. The molecule has 0 saturated heterocycles. The van der Waals surface area contributed by atoms with Crippen molar-refractivity contribution in [3.63, 3.8) is 0 Å². The van der Waals surface area contributed by atoms with E-state index >= 15 is 0 Å². The van der Waals surface area contributed by atoms with Crippen molar-refractivity contribution >= 4 is 17.6 Å². The molecule has 0 aromatic carbocycles. The minimum atomic E-state index is -0.456. The molecule has 0 amide bonds. The van der Waals surface area contributed by atoms with E-state index in [0.717, 1.165) is 0 Å². The molecule has 0 saturated carbocycles. The summed E-state index contributed by atoms with van der Waals surface area (Å²) in [4.78, 5) is 10.9. The van der Waals surface area contributed by atoms with Gasteiger partial charge in [0.15, 0.2) is 0 Å². The van der Waals surface area contributed by atoms with Crippen LogP contribution in [0.25, 0.3) is 0 Å². The molecule has 0 aliphatic rings. The van der Waals surface area contributed by atoms with Crippen molar-refractivity contribution in [1.29, 1.82) is 0 Å². The van der Waals surface area contributed by atoms with Crippen LogP contribution in [0.3, 0.4) is 0 Å². The van der Waals surface area contributed by atoms with Crippen LogP contribution < -0.4 is 0 Å². The van der Waals surface area contributed by atoms with Crippen LogP contribution in [0.5, 0.6) is 0 Å². The highest BCUT2D eigenvalue weighted by Gasteiger charge is 2.05. The molecule has 4 heteroatoms. The predicted octanol–water partition coefficient (Wildman–Crippen LogP) is 1.10. The second kappa shape index (κ2) is 7.13. The van der Waals surface area contributed by atoms with E-state index in [4.69, 9.17) is 21.4 Å². The summed E-state index contributed by atoms with van der Waals surface area (Å²) in [5.74, 6) is -0.360. The maximum Gasteiger partial charge on any atom is 0.334 e. The minimum Gasteiger partial charge on any atom is -0.462 e. The van der Waals surface area contributed by atoms with Gasteiger partial charge in [-0.25, -0.2) is 4.79 Å². The smallest absolute Gasteiger partial charge is 0.334 e. The molecule has 0 aliphatic heterocycles. The highest BCUT2D eigenvalue weighted by atomic mass is 35.5. The Labute approximate surface area is 77.0 Å². The molecule has 70 valence electrons. The summed E-state index contributed by atoms with van der Waals surface area (Å²) in [6.07, 6.45) is 1.30. The molecule has 12 heavy (non-hydrogen) atoms. The Hall–Kier alpha value is -0.540. The van der Waals surface area contributed by atoms with Crippen molar-refractivity contribution in [3.05, 3.63) is 12.2 Å². The first-order valence-electron chi connectivity index (χ1n) is 3.74. The first kappa shape index (κ1) is 11.5. The van der Waals surface area contributed by atoms with Gasteiger partial charge in [0, 0.05) is 12.2 Å². The van der Waals surface area contributed by atoms with Crippen LogP contribution in [0.2, 0.25) is 0 Å². The fraction of sp³-hybridized carbons (Fsp3) is 0.625. The standard InChI is InChI=1S/C8H13ClO3/c1-7(6-9)8(11)12-5-3-2-4-10/h10H,1-6H2. The van der Waals surface area contributed by atoms with Crippen LogP contribution in [0.15, 0.2) is 12.2 Å². The van der Waals surface area contributed by atoms with Gasteiger partial charge < -0.3 is 9.84 Å². The molecule has 1 N–H and O–H groups in total. The monoisotopic (exact) mass is 192 g/mol. The van der Waals surface area contributed by atoms with Crippen molar-refractivity contribution in [2.75, 3.05) is 19.1 Å². The molecular formula is C8H13ClO3. The van der Waals surface area contributed by atoms with Gasteiger partial charge in [0.05, 0.1) is 12.5 Å². The van der Waals surface area contributed by atoms with Crippen LogP contribution in [0, 0.1) is 0 Å². The molecule has 0 heterocycles. The first-order chi connectivity index (χ1) is 5.72. The molecule has 0 aromatic rings. The molecule has 0 rings (SSSR count). The van der Waals surface area contributed by atoms with E-state index in [2.05, 4.69) is 6.58 Å². The van der Waals surface area contributed by atoms with E-state index < -0.39 is 5.97 Å². The van der Waals surface area contributed by atoms with Crippen LogP contribution in [0.1, 0.15) is 12.8 Å². The van der Waals surface area contributed by atoms with Crippen molar-refractivity contribution in [1.82, 2.24) is 0 Å². The summed E-state index contributed by atoms with van der Waals surface area (Å²) in [6.45, 7) is 3.85. The Kier molecular flexibility index (Phi) is 6.81. The van der Waals surface area contributed by atoms with E-state index in [-0.39, 0.29) is 18.1 Å². The van der Waals surface area contributed by atoms with Gasteiger partial charge in [-0.2, -0.15) is 0 Å². The van der Waals surface area contributed by atoms with Crippen LogP contribution in [-0.2, 0) is 9.53 Å². The molecule has 0 fully saturated rings. The van der Waals surface area contributed by atoms with Crippen LogP contribution >= 0.6 is 11.6 Å². The molecule has 0 radical (unpaired) electrons. The van der Waals surface area contributed by atoms with Gasteiger partial charge in [0.2, 0.25) is 0 Å².